The molecule has 32 heavy (non-hydrogen) atoms. The number of aromatic amines is 1. The Hall–Kier alpha value is -2.97. The van der Waals surface area contributed by atoms with Crippen molar-refractivity contribution in [2.45, 2.75) is 18.3 Å². The second-order valence-corrected chi connectivity index (χ2v) is 8.09. The summed E-state index contributed by atoms with van der Waals surface area (Å²) in [5.41, 5.74) is 4.74. The van der Waals surface area contributed by atoms with Crippen LogP contribution < -0.4 is 4.74 Å². The molecule has 0 spiro atoms. The normalized spacial score (nSPS) is 20.7. The van der Waals surface area contributed by atoms with E-state index in [1.807, 2.05) is 36.4 Å². The minimum Gasteiger partial charge on any atom is -0.456 e. The molecule has 164 valence electrons. The fraction of sp³-hybridized carbons (Fsp3) is 0.208. The molecule has 1 fully saturated rings. The van der Waals surface area contributed by atoms with E-state index < -0.39 is 18.3 Å². The summed E-state index contributed by atoms with van der Waals surface area (Å²) >= 11 is 6.53. The first-order chi connectivity index (χ1) is 15.5. The molecule has 5 rings (SSSR count). The summed E-state index contributed by atoms with van der Waals surface area (Å²) in [6.07, 6.45) is -2.23. The van der Waals surface area contributed by atoms with E-state index in [0.717, 1.165) is 22.3 Å². The number of aromatic nitrogens is 2. The summed E-state index contributed by atoms with van der Waals surface area (Å²) in [6.45, 7) is -0.120. The molecule has 3 N–H and O–H groups in total. The third kappa shape index (κ3) is 3.96. The molecule has 0 bridgehead atoms. The molecule has 1 saturated heterocycles. The van der Waals surface area contributed by atoms with Gasteiger partial charge in [0.15, 0.2) is 6.10 Å². The molecule has 8 heteroatoms. The van der Waals surface area contributed by atoms with Crippen molar-refractivity contribution in [2.24, 2.45) is 0 Å². The van der Waals surface area contributed by atoms with E-state index in [1.54, 1.807) is 12.1 Å². The van der Waals surface area contributed by atoms with Crippen molar-refractivity contribution in [3.63, 3.8) is 0 Å². The highest BCUT2D eigenvalue weighted by molar-refractivity contribution is 6.34. The lowest BCUT2D eigenvalue weighted by Gasteiger charge is -2.15. The topological polar surface area (TPSA) is 87.6 Å². The molecule has 3 atom stereocenters. The lowest BCUT2D eigenvalue weighted by Crippen LogP contribution is -2.36. The number of imidazole rings is 1. The van der Waals surface area contributed by atoms with Gasteiger partial charge in [0.05, 0.1) is 29.3 Å². The van der Waals surface area contributed by atoms with Gasteiger partial charge in [-0.25, -0.2) is 4.39 Å². The number of nitrogens with one attached hydrogen (secondary N) is 1. The molecule has 2 heterocycles. The van der Waals surface area contributed by atoms with E-state index in [9.17, 15) is 14.6 Å². The number of aliphatic hydroxyl groups is 2. The summed E-state index contributed by atoms with van der Waals surface area (Å²) in [5.74, 6) is -0.278. The largest absolute Gasteiger partial charge is 0.456 e. The van der Waals surface area contributed by atoms with E-state index in [1.165, 1.54) is 12.1 Å². The minimum absolute atomic E-state index is 0.160. The van der Waals surface area contributed by atoms with Crippen LogP contribution in [0.3, 0.4) is 0 Å². The van der Waals surface area contributed by atoms with Crippen molar-refractivity contribution >= 4 is 22.6 Å². The highest BCUT2D eigenvalue weighted by Crippen LogP contribution is 2.34. The minimum atomic E-state index is -0.941. The average Bonchev–Trinajstić information content (AvgIpc) is 3.35. The van der Waals surface area contributed by atoms with Crippen molar-refractivity contribution in [3.05, 3.63) is 71.5 Å². The average molecular weight is 455 g/mol. The standard InChI is InChI=1S/C24H20ClFN2O4/c25-18-10-20-19(27-24(28-20)32-22-12-31-21(11-29)23(22)30)9-17(18)14-6-4-13(5-7-14)15-2-1-3-16(26)8-15/h1-10,21-23,29-30H,11-12H2,(H,27,28). The lowest BCUT2D eigenvalue weighted by atomic mass is 10.00. The molecule has 0 saturated carbocycles. The number of H-pyrrole nitrogens is 1. The van der Waals surface area contributed by atoms with Crippen LogP contribution in [0, 0.1) is 5.82 Å². The van der Waals surface area contributed by atoms with Crippen molar-refractivity contribution in [2.75, 3.05) is 13.2 Å². The van der Waals surface area contributed by atoms with E-state index in [4.69, 9.17) is 21.1 Å². The van der Waals surface area contributed by atoms with Crippen molar-refractivity contribution < 1.29 is 24.1 Å². The van der Waals surface area contributed by atoms with Gasteiger partial charge in [-0.2, -0.15) is 4.98 Å². The molecule has 6 nitrogen and oxygen atoms in total. The Bertz CT molecular complexity index is 1260. The predicted octanol–water partition coefficient (Wildman–Crippen LogP) is 4.19. The molecule has 1 aromatic heterocycles. The Labute approximate surface area is 188 Å². The summed E-state index contributed by atoms with van der Waals surface area (Å²) in [6, 6.07) is 18.0. The van der Waals surface area contributed by atoms with E-state index in [-0.39, 0.29) is 25.0 Å². The fourth-order valence-corrected chi connectivity index (χ4v) is 4.13. The summed E-state index contributed by atoms with van der Waals surface area (Å²) in [5, 5.41) is 19.9. The van der Waals surface area contributed by atoms with Gasteiger partial charge in [0, 0.05) is 5.56 Å². The number of nitrogens with zero attached hydrogens (tertiary/aromatic N) is 1. The van der Waals surface area contributed by atoms with Crippen molar-refractivity contribution in [1.29, 1.82) is 0 Å². The smallest absolute Gasteiger partial charge is 0.295 e. The summed E-state index contributed by atoms with van der Waals surface area (Å²) in [7, 11) is 0. The van der Waals surface area contributed by atoms with Crippen LogP contribution in [0.15, 0.2) is 60.7 Å². The zero-order valence-electron chi connectivity index (χ0n) is 16.8. The number of halogens is 2. The first kappa shape index (κ1) is 20.9. The van der Waals surface area contributed by atoms with Crippen LogP contribution in [-0.4, -0.2) is 51.7 Å². The number of ether oxygens (including phenoxy) is 2. The Balaban J connectivity index is 1.41. The van der Waals surface area contributed by atoms with Gasteiger partial charge in [-0.3, -0.25) is 0 Å². The lowest BCUT2D eigenvalue weighted by molar-refractivity contribution is -0.00390. The second-order valence-electron chi connectivity index (χ2n) is 7.68. The molecule has 0 aliphatic carbocycles. The second kappa shape index (κ2) is 8.52. The zero-order valence-corrected chi connectivity index (χ0v) is 17.6. The summed E-state index contributed by atoms with van der Waals surface area (Å²) in [4.78, 5) is 7.51. The quantitative estimate of drug-likeness (QED) is 0.421. The number of hydrogen-bond acceptors (Lipinski definition) is 5. The van der Waals surface area contributed by atoms with E-state index >= 15 is 0 Å². The van der Waals surface area contributed by atoms with E-state index in [2.05, 4.69) is 9.97 Å². The van der Waals surface area contributed by atoms with Crippen LogP contribution in [0.4, 0.5) is 4.39 Å². The Kier molecular flexibility index (Phi) is 5.57. The summed E-state index contributed by atoms with van der Waals surface area (Å²) < 4.78 is 24.6. The third-order valence-corrected chi connectivity index (χ3v) is 5.89. The van der Waals surface area contributed by atoms with Gasteiger partial charge in [0.2, 0.25) is 0 Å². The van der Waals surface area contributed by atoms with Crippen LogP contribution in [0.25, 0.3) is 33.3 Å². The van der Waals surface area contributed by atoms with E-state index in [0.29, 0.717) is 16.1 Å². The van der Waals surface area contributed by atoms with Gasteiger partial charge in [0.25, 0.3) is 6.01 Å². The first-order valence-corrected chi connectivity index (χ1v) is 10.5. The van der Waals surface area contributed by atoms with Crippen LogP contribution in [0.5, 0.6) is 6.01 Å². The molecular weight excluding hydrogens is 435 g/mol. The zero-order chi connectivity index (χ0) is 22.2. The first-order valence-electron chi connectivity index (χ1n) is 10.1. The van der Waals surface area contributed by atoms with Gasteiger partial charge >= 0.3 is 0 Å². The van der Waals surface area contributed by atoms with Gasteiger partial charge < -0.3 is 24.7 Å². The number of benzene rings is 3. The van der Waals surface area contributed by atoms with Gasteiger partial charge in [-0.1, -0.05) is 48.0 Å². The van der Waals surface area contributed by atoms with Crippen molar-refractivity contribution in [1.82, 2.24) is 9.97 Å². The molecular formula is C24H20ClFN2O4. The highest BCUT2D eigenvalue weighted by Gasteiger charge is 2.37. The molecule has 0 radical (unpaired) electrons. The molecule has 0 amide bonds. The fourth-order valence-electron chi connectivity index (χ4n) is 3.86. The number of rotatable bonds is 5. The molecule has 1 aliphatic heterocycles. The monoisotopic (exact) mass is 454 g/mol. The molecule has 3 unspecified atom stereocenters. The maximum absolute atomic E-state index is 13.5. The van der Waals surface area contributed by atoms with Crippen LogP contribution in [0.1, 0.15) is 0 Å². The van der Waals surface area contributed by atoms with Crippen molar-refractivity contribution in [3.8, 4) is 28.3 Å². The maximum atomic E-state index is 13.5. The molecule has 4 aromatic rings. The number of aliphatic hydroxyl groups excluding tert-OH is 2. The Morgan fingerprint density at radius 2 is 1.88 bits per heavy atom. The molecule has 1 aliphatic rings. The third-order valence-electron chi connectivity index (χ3n) is 5.58. The maximum Gasteiger partial charge on any atom is 0.295 e. The van der Waals surface area contributed by atoms with Gasteiger partial charge in [0.1, 0.15) is 18.0 Å². The van der Waals surface area contributed by atoms with Crippen LogP contribution in [-0.2, 0) is 4.74 Å². The Morgan fingerprint density at radius 1 is 1.09 bits per heavy atom. The number of fused-ring (bicyclic) bond motifs is 1. The molecule has 3 aromatic carbocycles. The van der Waals surface area contributed by atoms with Crippen LogP contribution >= 0.6 is 11.6 Å². The number of hydrogen-bond donors (Lipinski definition) is 3. The van der Waals surface area contributed by atoms with Crippen LogP contribution in [0.2, 0.25) is 5.02 Å². The highest BCUT2D eigenvalue weighted by atomic mass is 35.5. The van der Waals surface area contributed by atoms with Gasteiger partial charge in [-0.05, 0) is 41.0 Å². The SMILES string of the molecule is OCC1OCC(Oc2nc3cc(-c4ccc(-c5cccc(F)c5)cc4)c(Cl)cc3[nH]2)C1O. The predicted molar refractivity (Wildman–Crippen MR) is 119 cm³/mol. The van der Waals surface area contributed by atoms with Gasteiger partial charge in [-0.15, -0.1) is 0 Å². The Morgan fingerprint density at radius 3 is 2.59 bits per heavy atom.